The number of hydrogen-bond acceptors (Lipinski definition) is 5. The number of Topliss-reactive ketones (excluding diaryl/α,β-unsaturated/α-hetero) is 1. The zero-order valence-corrected chi connectivity index (χ0v) is 20.2. The highest BCUT2D eigenvalue weighted by atomic mass is 32.2. The summed E-state index contributed by atoms with van der Waals surface area (Å²) in [5.74, 6) is 0.871. The number of carbonyl (C=O) groups excluding carboxylic acids is 1. The second kappa shape index (κ2) is 9.15. The van der Waals surface area contributed by atoms with Gasteiger partial charge < -0.3 is 4.98 Å². The van der Waals surface area contributed by atoms with E-state index in [1.807, 2.05) is 67.0 Å². The van der Waals surface area contributed by atoms with E-state index in [4.69, 9.17) is 0 Å². The van der Waals surface area contributed by atoms with Gasteiger partial charge in [0.25, 0.3) is 0 Å². The van der Waals surface area contributed by atoms with E-state index in [2.05, 4.69) is 37.7 Å². The van der Waals surface area contributed by atoms with E-state index in [1.165, 1.54) is 17.3 Å². The van der Waals surface area contributed by atoms with Gasteiger partial charge in [-0.15, -0.1) is 10.2 Å². The lowest BCUT2D eigenvalue weighted by Crippen LogP contribution is -2.11. The van der Waals surface area contributed by atoms with Gasteiger partial charge >= 0.3 is 0 Å². The fourth-order valence-corrected chi connectivity index (χ4v) is 5.75. The van der Waals surface area contributed by atoms with Crippen LogP contribution in [0.2, 0.25) is 0 Å². The summed E-state index contributed by atoms with van der Waals surface area (Å²) >= 11 is 1.48. The average Bonchev–Trinajstić information content (AvgIpc) is 3.51. The molecule has 5 aromatic rings. The Hall–Kier alpha value is -3.71. The maximum absolute atomic E-state index is 14.1. The molecule has 0 saturated heterocycles. The third-order valence-electron chi connectivity index (χ3n) is 6.51. The monoisotopic (exact) mass is 479 g/mol. The molecule has 7 heteroatoms. The number of nitrogens with one attached hydrogen (secondary N) is 1. The van der Waals surface area contributed by atoms with E-state index < -0.39 is 5.25 Å². The highest BCUT2D eigenvalue weighted by Crippen LogP contribution is 2.45. The van der Waals surface area contributed by atoms with Gasteiger partial charge in [0, 0.05) is 46.7 Å². The lowest BCUT2D eigenvalue weighted by molar-refractivity contribution is 0.0991. The SMILES string of the molecule is CCc1cccc2c(C(=O)C(Sc3nnc(-c4cccnc4)n3C3CC3)c3ccccc3)c[nH]c12. The number of hydrogen-bond donors (Lipinski definition) is 1. The van der Waals surface area contributed by atoms with Crippen LogP contribution in [-0.4, -0.2) is 30.5 Å². The van der Waals surface area contributed by atoms with Crippen LogP contribution in [0.4, 0.5) is 0 Å². The maximum atomic E-state index is 14.1. The molecule has 3 aromatic heterocycles. The first kappa shape index (κ1) is 21.8. The topological polar surface area (TPSA) is 76.5 Å². The summed E-state index contributed by atoms with van der Waals surface area (Å²) < 4.78 is 2.19. The maximum Gasteiger partial charge on any atom is 0.192 e. The minimum Gasteiger partial charge on any atom is -0.360 e. The predicted molar refractivity (Wildman–Crippen MR) is 139 cm³/mol. The standard InChI is InChI=1S/C28H25N5OS/c1-2-18-10-6-12-22-23(17-30-24(18)22)25(34)26(19-8-4-3-5-9-19)35-28-32-31-27(33(28)21-13-14-21)20-11-7-15-29-16-20/h3-12,15-17,21,26,30H,2,13-14H2,1H3. The lowest BCUT2D eigenvalue weighted by atomic mass is 10.0. The van der Waals surface area contributed by atoms with E-state index in [1.54, 1.807) is 6.20 Å². The van der Waals surface area contributed by atoms with Gasteiger partial charge in [-0.2, -0.15) is 0 Å². The number of aryl methyl sites for hydroxylation is 1. The molecule has 35 heavy (non-hydrogen) atoms. The van der Waals surface area contributed by atoms with Crippen molar-refractivity contribution in [3.63, 3.8) is 0 Å². The number of rotatable bonds is 8. The first-order valence-corrected chi connectivity index (χ1v) is 12.8. The molecule has 0 bridgehead atoms. The third kappa shape index (κ3) is 4.06. The molecule has 0 radical (unpaired) electrons. The molecule has 6 nitrogen and oxygen atoms in total. The van der Waals surface area contributed by atoms with E-state index in [0.717, 1.165) is 52.3 Å². The molecule has 1 fully saturated rings. The first-order valence-electron chi connectivity index (χ1n) is 11.9. The number of ketones is 1. The minimum absolute atomic E-state index is 0.0639. The minimum atomic E-state index is -0.441. The molecule has 0 spiro atoms. The Morgan fingerprint density at radius 1 is 1.09 bits per heavy atom. The van der Waals surface area contributed by atoms with Crippen molar-refractivity contribution < 1.29 is 4.79 Å². The van der Waals surface area contributed by atoms with Crippen molar-refractivity contribution in [2.75, 3.05) is 0 Å². The molecule has 1 N–H and O–H groups in total. The van der Waals surface area contributed by atoms with Gasteiger partial charge in [0.15, 0.2) is 16.8 Å². The van der Waals surface area contributed by atoms with Crippen molar-refractivity contribution in [3.05, 3.63) is 95.9 Å². The summed E-state index contributed by atoms with van der Waals surface area (Å²) in [6.45, 7) is 2.13. The predicted octanol–water partition coefficient (Wildman–Crippen LogP) is 6.44. The molecule has 1 saturated carbocycles. The zero-order chi connectivity index (χ0) is 23.8. The van der Waals surface area contributed by atoms with Crippen molar-refractivity contribution in [2.45, 2.75) is 42.6 Å². The Balaban J connectivity index is 1.42. The summed E-state index contributed by atoms with van der Waals surface area (Å²) in [6, 6.07) is 20.4. The fourth-order valence-electron chi connectivity index (χ4n) is 4.57. The Kier molecular flexibility index (Phi) is 5.70. The van der Waals surface area contributed by atoms with Gasteiger partial charge in [-0.25, -0.2) is 0 Å². The molecule has 3 heterocycles. The van der Waals surface area contributed by atoms with Crippen molar-refractivity contribution in [1.29, 1.82) is 0 Å². The number of para-hydroxylation sites is 1. The summed E-state index contributed by atoms with van der Waals surface area (Å²) in [4.78, 5) is 21.7. The van der Waals surface area contributed by atoms with Gasteiger partial charge in [-0.3, -0.25) is 14.3 Å². The molecule has 1 unspecified atom stereocenters. The van der Waals surface area contributed by atoms with Crippen LogP contribution in [0.1, 0.15) is 52.5 Å². The smallest absolute Gasteiger partial charge is 0.192 e. The highest BCUT2D eigenvalue weighted by molar-refractivity contribution is 8.00. The van der Waals surface area contributed by atoms with Gasteiger partial charge in [0.05, 0.1) is 0 Å². The van der Waals surface area contributed by atoms with Gasteiger partial charge in [-0.05, 0) is 42.5 Å². The van der Waals surface area contributed by atoms with E-state index in [9.17, 15) is 4.79 Å². The number of benzene rings is 2. The summed E-state index contributed by atoms with van der Waals surface area (Å²) in [6.07, 6.45) is 8.51. The van der Waals surface area contributed by atoms with Gasteiger partial charge in [-0.1, -0.05) is 67.2 Å². The number of pyridine rings is 1. The molecular weight excluding hydrogens is 454 g/mol. The number of carbonyl (C=O) groups is 1. The molecule has 1 atom stereocenters. The third-order valence-corrected chi connectivity index (χ3v) is 7.72. The lowest BCUT2D eigenvalue weighted by Gasteiger charge is -2.16. The van der Waals surface area contributed by atoms with Crippen LogP contribution in [0.15, 0.2) is 84.4 Å². The Bertz CT molecular complexity index is 1490. The molecule has 0 amide bonds. The first-order chi connectivity index (χ1) is 17.2. The van der Waals surface area contributed by atoms with Gasteiger partial charge in [0.1, 0.15) is 5.25 Å². The van der Waals surface area contributed by atoms with Crippen LogP contribution >= 0.6 is 11.8 Å². The largest absolute Gasteiger partial charge is 0.360 e. The number of nitrogens with zero attached hydrogens (tertiary/aromatic N) is 4. The van der Waals surface area contributed by atoms with E-state index in [0.29, 0.717) is 11.6 Å². The number of thioether (sulfide) groups is 1. The van der Waals surface area contributed by atoms with Crippen LogP contribution in [0.25, 0.3) is 22.3 Å². The fraction of sp³-hybridized carbons (Fsp3) is 0.214. The number of aromatic amines is 1. The second-order valence-corrected chi connectivity index (χ2v) is 9.89. The van der Waals surface area contributed by atoms with Crippen molar-refractivity contribution in [2.24, 2.45) is 0 Å². The highest BCUT2D eigenvalue weighted by Gasteiger charge is 2.33. The Morgan fingerprint density at radius 2 is 1.94 bits per heavy atom. The number of aromatic nitrogens is 5. The Labute approximate surface area is 207 Å². The molecule has 1 aliphatic carbocycles. The average molecular weight is 480 g/mol. The van der Waals surface area contributed by atoms with Crippen LogP contribution in [-0.2, 0) is 6.42 Å². The quantitative estimate of drug-likeness (QED) is 0.205. The van der Waals surface area contributed by atoms with Crippen LogP contribution in [0.5, 0.6) is 0 Å². The van der Waals surface area contributed by atoms with Crippen molar-refractivity contribution in [1.82, 2.24) is 24.7 Å². The van der Waals surface area contributed by atoms with E-state index in [-0.39, 0.29) is 5.78 Å². The molecule has 6 rings (SSSR count). The summed E-state index contributed by atoms with van der Waals surface area (Å²) in [5.41, 5.74) is 4.85. The molecule has 2 aromatic carbocycles. The second-order valence-electron chi connectivity index (χ2n) is 8.82. The Morgan fingerprint density at radius 3 is 2.69 bits per heavy atom. The van der Waals surface area contributed by atoms with Crippen LogP contribution in [0, 0.1) is 0 Å². The molecule has 174 valence electrons. The normalized spacial score (nSPS) is 14.3. The van der Waals surface area contributed by atoms with Crippen molar-refractivity contribution >= 4 is 28.4 Å². The van der Waals surface area contributed by atoms with Gasteiger partial charge in [0.2, 0.25) is 0 Å². The van der Waals surface area contributed by atoms with Crippen molar-refractivity contribution in [3.8, 4) is 11.4 Å². The molecule has 0 aliphatic heterocycles. The number of H-pyrrole nitrogens is 1. The number of fused-ring (bicyclic) bond motifs is 1. The zero-order valence-electron chi connectivity index (χ0n) is 19.4. The summed E-state index contributed by atoms with van der Waals surface area (Å²) in [7, 11) is 0. The van der Waals surface area contributed by atoms with Crippen LogP contribution < -0.4 is 0 Å². The molecule has 1 aliphatic rings. The van der Waals surface area contributed by atoms with Crippen LogP contribution in [0.3, 0.4) is 0 Å². The molecular formula is C28H25N5OS. The van der Waals surface area contributed by atoms with E-state index >= 15 is 0 Å². The summed E-state index contributed by atoms with van der Waals surface area (Å²) in [5, 5.41) is 10.4.